The van der Waals surface area contributed by atoms with E-state index in [0.29, 0.717) is 5.82 Å². The number of nitrogens with one attached hydrogen (secondary N) is 3. The molecule has 3 heterocycles. The lowest BCUT2D eigenvalue weighted by Crippen LogP contribution is -2.25. The molecule has 7 heteroatoms. The maximum absolute atomic E-state index is 12.6. The van der Waals surface area contributed by atoms with Crippen molar-refractivity contribution in [1.82, 2.24) is 15.2 Å². The monoisotopic (exact) mass is 368 g/mol. The number of hydrogen-bond acceptors (Lipinski definition) is 4. The second kappa shape index (κ2) is 6.92. The molecule has 1 aliphatic rings. The average Bonchev–Trinajstić information content (AvgIpc) is 3.18. The zero-order valence-electron chi connectivity index (χ0n) is 14.5. The van der Waals surface area contributed by atoms with Gasteiger partial charge in [0.05, 0.1) is 10.6 Å². The summed E-state index contributed by atoms with van der Waals surface area (Å²) >= 11 is 1.65. The molecule has 3 N–H and O–H groups in total. The number of fused-ring (bicyclic) bond motifs is 1. The molecule has 0 aromatic carbocycles. The first-order chi connectivity index (χ1) is 12.6. The topological polar surface area (TPSA) is 90.6 Å². The van der Waals surface area contributed by atoms with Gasteiger partial charge in [-0.3, -0.25) is 14.7 Å². The van der Waals surface area contributed by atoms with Crippen molar-refractivity contribution in [2.45, 2.75) is 39.0 Å². The highest BCUT2D eigenvalue weighted by Crippen LogP contribution is 2.27. The minimum absolute atomic E-state index is 0.141. The predicted octanol–water partition coefficient (Wildman–Crippen LogP) is 3.66. The van der Waals surface area contributed by atoms with Crippen LogP contribution in [-0.4, -0.2) is 21.1 Å². The number of thiophene rings is 1. The summed E-state index contributed by atoms with van der Waals surface area (Å²) in [5.74, 6) is -0.0240. The molecular formula is C19H20N4O2S. The molecular weight excluding hydrogens is 348 g/mol. The van der Waals surface area contributed by atoms with E-state index in [1.165, 1.54) is 4.88 Å². The molecule has 0 aliphatic heterocycles. The van der Waals surface area contributed by atoms with Gasteiger partial charge in [-0.2, -0.15) is 5.10 Å². The summed E-state index contributed by atoms with van der Waals surface area (Å²) in [6, 6.07) is 7.57. The van der Waals surface area contributed by atoms with E-state index in [4.69, 9.17) is 0 Å². The number of carbonyl (C=O) groups excluding carboxylic acids is 1. The van der Waals surface area contributed by atoms with Crippen LogP contribution in [0.25, 0.3) is 10.6 Å². The van der Waals surface area contributed by atoms with Gasteiger partial charge in [0.2, 0.25) is 0 Å². The first-order valence-corrected chi connectivity index (χ1v) is 9.60. The van der Waals surface area contributed by atoms with Crippen molar-refractivity contribution in [3.63, 3.8) is 0 Å². The summed E-state index contributed by atoms with van der Waals surface area (Å²) in [6.45, 7) is 2.04. The van der Waals surface area contributed by atoms with Gasteiger partial charge in [0.15, 0.2) is 5.82 Å². The number of anilines is 1. The van der Waals surface area contributed by atoms with Crippen molar-refractivity contribution in [1.29, 1.82) is 0 Å². The van der Waals surface area contributed by atoms with Crippen LogP contribution in [0.4, 0.5) is 5.82 Å². The molecule has 0 atom stereocenters. The minimum Gasteiger partial charge on any atom is -0.325 e. The zero-order chi connectivity index (χ0) is 18.1. The van der Waals surface area contributed by atoms with E-state index in [2.05, 4.69) is 20.5 Å². The first-order valence-electron chi connectivity index (χ1n) is 8.79. The van der Waals surface area contributed by atoms with Gasteiger partial charge in [-0.05, 0) is 56.4 Å². The number of aryl methyl sites for hydroxylation is 3. The lowest BCUT2D eigenvalue weighted by Gasteiger charge is -2.08. The summed E-state index contributed by atoms with van der Waals surface area (Å²) in [7, 11) is 0. The highest BCUT2D eigenvalue weighted by atomic mass is 32.1. The predicted molar refractivity (Wildman–Crippen MR) is 103 cm³/mol. The summed E-state index contributed by atoms with van der Waals surface area (Å²) in [6.07, 6.45) is 5.08. The Morgan fingerprint density at radius 3 is 2.85 bits per heavy atom. The van der Waals surface area contributed by atoms with Crippen LogP contribution in [0, 0.1) is 6.92 Å². The molecule has 4 rings (SSSR count). The van der Waals surface area contributed by atoms with Gasteiger partial charge in [0.1, 0.15) is 5.56 Å². The van der Waals surface area contributed by atoms with Crippen LogP contribution in [0.5, 0.6) is 0 Å². The summed E-state index contributed by atoms with van der Waals surface area (Å²) < 4.78 is 0. The molecule has 0 bridgehead atoms. The Kier molecular flexibility index (Phi) is 4.46. The Balaban J connectivity index is 1.56. The lowest BCUT2D eigenvalue weighted by molar-refractivity contribution is 0.102. The van der Waals surface area contributed by atoms with Crippen LogP contribution in [0.3, 0.4) is 0 Å². The van der Waals surface area contributed by atoms with E-state index < -0.39 is 5.91 Å². The molecule has 0 fully saturated rings. The van der Waals surface area contributed by atoms with Crippen molar-refractivity contribution in [2.75, 3.05) is 5.32 Å². The SMILES string of the molecule is Cc1ccc(-c2cc(NC(=O)c3cc4c([nH]c3=O)CCCCC4)n[nH]2)s1. The molecule has 0 spiro atoms. The van der Waals surface area contributed by atoms with Crippen LogP contribution < -0.4 is 10.9 Å². The minimum atomic E-state index is -0.432. The van der Waals surface area contributed by atoms with Gasteiger partial charge in [0, 0.05) is 16.6 Å². The molecule has 3 aromatic heterocycles. The third-order valence-corrected chi connectivity index (χ3v) is 5.69. The molecule has 1 aliphatic carbocycles. The number of carbonyl (C=O) groups is 1. The molecule has 0 unspecified atom stereocenters. The van der Waals surface area contributed by atoms with E-state index >= 15 is 0 Å². The van der Waals surface area contributed by atoms with Crippen LogP contribution in [0.15, 0.2) is 29.1 Å². The Morgan fingerprint density at radius 2 is 2.04 bits per heavy atom. The van der Waals surface area contributed by atoms with Crippen molar-refractivity contribution in [3.8, 4) is 10.6 Å². The summed E-state index contributed by atoms with van der Waals surface area (Å²) in [5, 5.41) is 9.78. The van der Waals surface area contributed by atoms with Gasteiger partial charge in [-0.25, -0.2) is 0 Å². The third-order valence-electron chi connectivity index (χ3n) is 4.66. The van der Waals surface area contributed by atoms with Crippen LogP contribution in [-0.2, 0) is 12.8 Å². The van der Waals surface area contributed by atoms with E-state index in [-0.39, 0.29) is 11.1 Å². The van der Waals surface area contributed by atoms with Crippen molar-refractivity contribution < 1.29 is 4.79 Å². The van der Waals surface area contributed by atoms with Crippen molar-refractivity contribution >= 4 is 23.1 Å². The lowest BCUT2D eigenvalue weighted by atomic mass is 10.1. The number of aromatic amines is 2. The molecule has 26 heavy (non-hydrogen) atoms. The number of aromatic nitrogens is 3. The number of hydrogen-bond donors (Lipinski definition) is 3. The second-order valence-corrected chi connectivity index (χ2v) is 7.90. The molecule has 134 valence electrons. The molecule has 0 saturated heterocycles. The average molecular weight is 368 g/mol. The number of amides is 1. The zero-order valence-corrected chi connectivity index (χ0v) is 15.3. The summed E-state index contributed by atoms with van der Waals surface area (Å²) in [4.78, 5) is 30.0. The highest BCUT2D eigenvalue weighted by molar-refractivity contribution is 7.15. The normalized spacial score (nSPS) is 13.9. The van der Waals surface area contributed by atoms with Gasteiger partial charge in [0.25, 0.3) is 11.5 Å². The number of pyridine rings is 1. The number of rotatable bonds is 3. The molecule has 6 nitrogen and oxygen atoms in total. The largest absolute Gasteiger partial charge is 0.325 e. The van der Waals surface area contributed by atoms with E-state index in [9.17, 15) is 9.59 Å². The van der Waals surface area contributed by atoms with Gasteiger partial charge in [-0.1, -0.05) is 6.42 Å². The Labute approximate surface area is 154 Å². The second-order valence-electron chi connectivity index (χ2n) is 6.61. The van der Waals surface area contributed by atoms with Gasteiger partial charge < -0.3 is 10.3 Å². The Hall–Kier alpha value is -2.67. The standard InChI is InChI=1S/C19H20N4O2S/c1-11-7-8-16(26-11)15-10-17(23-22-15)21-19(25)13-9-12-5-3-2-4-6-14(12)20-18(13)24/h7-10H,2-6H2,1H3,(H,20,24)(H2,21,22,23,25). The number of H-pyrrole nitrogens is 2. The van der Waals surface area contributed by atoms with Gasteiger partial charge >= 0.3 is 0 Å². The molecule has 0 radical (unpaired) electrons. The maximum atomic E-state index is 12.6. The first kappa shape index (κ1) is 16.8. The maximum Gasteiger partial charge on any atom is 0.262 e. The quantitative estimate of drug-likeness (QED) is 0.616. The smallest absolute Gasteiger partial charge is 0.262 e. The molecule has 3 aromatic rings. The Bertz CT molecular complexity index is 1010. The fraction of sp³-hybridized carbons (Fsp3) is 0.316. The molecule has 0 saturated carbocycles. The fourth-order valence-electron chi connectivity index (χ4n) is 3.30. The van der Waals surface area contributed by atoms with Crippen LogP contribution in [0.2, 0.25) is 0 Å². The van der Waals surface area contributed by atoms with Gasteiger partial charge in [-0.15, -0.1) is 11.3 Å². The van der Waals surface area contributed by atoms with Crippen molar-refractivity contribution in [2.24, 2.45) is 0 Å². The van der Waals surface area contributed by atoms with Crippen LogP contribution in [0.1, 0.15) is 45.8 Å². The third kappa shape index (κ3) is 3.35. The van der Waals surface area contributed by atoms with Crippen LogP contribution >= 0.6 is 11.3 Å². The Morgan fingerprint density at radius 1 is 1.19 bits per heavy atom. The summed E-state index contributed by atoms with van der Waals surface area (Å²) in [5.41, 5.74) is 2.69. The van der Waals surface area contributed by atoms with E-state index in [1.54, 1.807) is 23.5 Å². The fourth-order valence-corrected chi connectivity index (χ4v) is 4.13. The van der Waals surface area contributed by atoms with E-state index in [0.717, 1.165) is 53.9 Å². The van der Waals surface area contributed by atoms with E-state index in [1.807, 2.05) is 19.1 Å². The molecule has 1 amide bonds. The highest BCUT2D eigenvalue weighted by Gasteiger charge is 2.17. The van der Waals surface area contributed by atoms with Crippen molar-refractivity contribution in [3.05, 3.63) is 56.3 Å². The number of nitrogens with zero attached hydrogens (tertiary/aromatic N) is 1.